The lowest BCUT2D eigenvalue weighted by Crippen LogP contribution is -2.33. The van der Waals surface area contributed by atoms with Gasteiger partial charge in [-0.15, -0.1) is 0 Å². The van der Waals surface area contributed by atoms with Crippen LogP contribution in [-0.2, 0) is 0 Å². The number of ether oxygens (including phenoxy) is 3. The highest BCUT2D eigenvalue weighted by Gasteiger charge is 2.16. The predicted molar refractivity (Wildman–Crippen MR) is 156 cm³/mol. The second-order valence-electron chi connectivity index (χ2n) is 10.1. The van der Waals surface area contributed by atoms with Crippen LogP contribution in [-0.4, -0.2) is 63.2 Å². The molecule has 0 bridgehead atoms. The molecule has 1 aliphatic rings. The molecule has 202 valence electrons. The summed E-state index contributed by atoms with van der Waals surface area (Å²) >= 11 is 0. The number of piperidine rings is 1. The Hall–Kier alpha value is -4.03. The number of hydrogen-bond acceptors (Lipinski definition) is 5. The monoisotopic (exact) mass is 524 g/mol. The first kappa shape index (κ1) is 26.6. The van der Waals surface area contributed by atoms with Crippen molar-refractivity contribution in [2.45, 2.75) is 19.3 Å². The summed E-state index contributed by atoms with van der Waals surface area (Å²) in [7, 11) is 5.18. The fourth-order valence-corrected chi connectivity index (χ4v) is 5.02. The molecule has 0 radical (unpaired) electrons. The van der Waals surface area contributed by atoms with Gasteiger partial charge in [-0.05, 0) is 97.5 Å². The van der Waals surface area contributed by atoms with Crippen molar-refractivity contribution < 1.29 is 19.0 Å². The summed E-state index contributed by atoms with van der Waals surface area (Å²) in [6.45, 7) is 3.97. The Morgan fingerprint density at radius 1 is 0.846 bits per heavy atom. The largest absolute Gasteiger partial charge is 0.497 e. The van der Waals surface area contributed by atoms with Gasteiger partial charge in [0, 0.05) is 37.2 Å². The summed E-state index contributed by atoms with van der Waals surface area (Å²) < 4.78 is 18.0. The summed E-state index contributed by atoms with van der Waals surface area (Å²) in [6.07, 6.45) is 3.90. The van der Waals surface area contributed by atoms with Crippen LogP contribution >= 0.6 is 0 Å². The zero-order chi connectivity index (χ0) is 27.2. The molecule has 6 heteroatoms. The van der Waals surface area contributed by atoms with E-state index >= 15 is 0 Å². The number of fused-ring (bicyclic) bond motifs is 1. The van der Waals surface area contributed by atoms with Gasteiger partial charge in [0.2, 0.25) is 0 Å². The Balaban J connectivity index is 1.42. The van der Waals surface area contributed by atoms with E-state index in [1.165, 1.54) is 32.4 Å². The number of hydrogen-bond donors (Lipinski definition) is 0. The molecule has 4 aromatic rings. The molecule has 39 heavy (non-hydrogen) atoms. The normalized spacial score (nSPS) is 13.7. The van der Waals surface area contributed by atoms with Crippen LogP contribution < -0.4 is 14.2 Å². The van der Waals surface area contributed by atoms with E-state index in [2.05, 4.69) is 11.0 Å². The molecule has 0 atom stereocenters. The lowest BCUT2D eigenvalue weighted by Gasteiger charge is -2.26. The van der Waals surface area contributed by atoms with Crippen molar-refractivity contribution in [2.75, 3.05) is 47.4 Å². The molecule has 1 heterocycles. The van der Waals surface area contributed by atoms with Crippen molar-refractivity contribution in [1.29, 1.82) is 0 Å². The standard InChI is InChI=1S/C33H36N2O4/c1-34(2)33(36)26-9-7-8-24(22-26)30-16-10-25-23-29(37-3)15-17-31(25)32(30)39-28-13-11-27(12-14-28)38-21-20-35-18-5-4-6-19-35/h7-17,22-23H,4-6,18-21H2,1-3H3. The number of nitrogens with zero attached hydrogens (tertiary/aromatic N) is 2. The third-order valence-electron chi connectivity index (χ3n) is 7.17. The Labute approximate surface area is 230 Å². The Morgan fingerprint density at radius 3 is 2.33 bits per heavy atom. The van der Waals surface area contributed by atoms with Crippen LogP contribution in [0.1, 0.15) is 29.6 Å². The first-order chi connectivity index (χ1) is 19.0. The molecule has 5 rings (SSSR count). The van der Waals surface area contributed by atoms with E-state index in [4.69, 9.17) is 14.2 Å². The molecule has 1 amide bonds. The predicted octanol–water partition coefficient (Wildman–Crippen LogP) is 6.87. The number of carbonyl (C=O) groups is 1. The van der Waals surface area contributed by atoms with Crippen LogP contribution in [0.4, 0.5) is 0 Å². The SMILES string of the molecule is COc1ccc2c(Oc3ccc(OCCN4CCCCC4)cc3)c(-c3cccc(C(=O)N(C)C)c3)ccc2c1. The second-order valence-corrected chi connectivity index (χ2v) is 10.1. The van der Waals surface area contributed by atoms with E-state index in [-0.39, 0.29) is 5.91 Å². The van der Waals surface area contributed by atoms with Gasteiger partial charge in [-0.25, -0.2) is 0 Å². The summed E-state index contributed by atoms with van der Waals surface area (Å²) in [6, 6.07) is 25.5. The fourth-order valence-electron chi connectivity index (χ4n) is 5.02. The summed E-state index contributed by atoms with van der Waals surface area (Å²) in [5.74, 6) is 3.01. The molecule has 1 fully saturated rings. The second kappa shape index (κ2) is 12.2. The van der Waals surface area contributed by atoms with E-state index in [9.17, 15) is 4.79 Å². The first-order valence-electron chi connectivity index (χ1n) is 13.6. The average molecular weight is 525 g/mol. The lowest BCUT2D eigenvalue weighted by molar-refractivity contribution is 0.0827. The molecule has 0 aliphatic carbocycles. The van der Waals surface area contributed by atoms with E-state index in [0.717, 1.165) is 45.7 Å². The Kier molecular flexibility index (Phi) is 8.33. The molecule has 0 aromatic heterocycles. The molecule has 0 unspecified atom stereocenters. The minimum atomic E-state index is -0.0410. The van der Waals surface area contributed by atoms with E-state index in [1.807, 2.05) is 72.8 Å². The average Bonchev–Trinajstić information content (AvgIpc) is 2.98. The van der Waals surface area contributed by atoms with Crippen molar-refractivity contribution >= 4 is 16.7 Å². The number of carbonyl (C=O) groups excluding carboxylic acids is 1. The number of rotatable bonds is 9. The van der Waals surface area contributed by atoms with E-state index in [1.54, 1.807) is 26.1 Å². The molecule has 0 saturated carbocycles. The quantitative estimate of drug-likeness (QED) is 0.239. The maximum atomic E-state index is 12.6. The molecule has 1 aliphatic heterocycles. The molecule has 6 nitrogen and oxygen atoms in total. The van der Waals surface area contributed by atoms with E-state index < -0.39 is 0 Å². The van der Waals surface area contributed by atoms with Gasteiger partial charge in [0.25, 0.3) is 5.91 Å². The van der Waals surface area contributed by atoms with Gasteiger partial charge in [0.15, 0.2) is 0 Å². The Bertz CT molecular complexity index is 1430. The Morgan fingerprint density at radius 2 is 1.59 bits per heavy atom. The van der Waals surface area contributed by atoms with Crippen LogP contribution in [0.15, 0.2) is 78.9 Å². The fraction of sp³-hybridized carbons (Fsp3) is 0.303. The molecular formula is C33H36N2O4. The van der Waals surface area contributed by atoms with Crippen molar-refractivity contribution in [3.63, 3.8) is 0 Å². The molecule has 1 saturated heterocycles. The first-order valence-corrected chi connectivity index (χ1v) is 13.6. The highest BCUT2D eigenvalue weighted by Crippen LogP contribution is 2.41. The van der Waals surface area contributed by atoms with Crippen molar-refractivity contribution in [3.8, 4) is 34.1 Å². The number of likely N-dealkylation sites (tertiary alicyclic amines) is 1. The van der Waals surface area contributed by atoms with Crippen LogP contribution in [0.2, 0.25) is 0 Å². The van der Waals surface area contributed by atoms with Gasteiger partial charge in [-0.2, -0.15) is 0 Å². The maximum absolute atomic E-state index is 12.6. The van der Waals surface area contributed by atoms with Gasteiger partial charge >= 0.3 is 0 Å². The summed E-state index contributed by atoms with van der Waals surface area (Å²) in [5, 5.41) is 1.96. The van der Waals surface area contributed by atoms with Crippen LogP contribution in [0.3, 0.4) is 0 Å². The molecule has 0 N–H and O–H groups in total. The highest BCUT2D eigenvalue weighted by atomic mass is 16.5. The molecular weight excluding hydrogens is 488 g/mol. The minimum absolute atomic E-state index is 0.0410. The summed E-state index contributed by atoms with van der Waals surface area (Å²) in [5.41, 5.74) is 2.44. The van der Waals surface area contributed by atoms with Gasteiger partial charge in [0.1, 0.15) is 29.6 Å². The zero-order valence-corrected chi connectivity index (χ0v) is 23.0. The van der Waals surface area contributed by atoms with E-state index in [0.29, 0.717) is 17.9 Å². The molecule has 4 aromatic carbocycles. The van der Waals surface area contributed by atoms with Crippen LogP contribution in [0, 0.1) is 0 Å². The van der Waals surface area contributed by atoms with Crippen LogP contribution in [0.25, 0.3) is 21.9 Å². The topological polar surface area (TPSA) is 51.2 Å². The van der Waals surface area contributed by atoms with Crippen LogP contribution in [0.5, 0.6) is 23.0 Å². The maximum Gasteiger partial charge on any atom is 0.253 e. The third-order valence-corrected chi connectivity index (χ3v) is 7.17. The van der Waals surface area contributed by atoms with Gasteiger partial charge < -0.3 is 19.1 Å². The van der Waals surface area contributed by atoms with Crippen molar-refractivity contribution in [1.82, 2.24) is 9.80 Å². The zero-order valence-electron chi connectivity index (χ0n) is 23.0. The van der Waals surface area contributed by atoms with Gasteiger partial charge in [-0.3, -0.25) is 9.69 Å². The van der Waals surface area contributed by atoms with Gasteiger partial charge in [-0.1, -0.05) is 24.6 Å². The van der Waals surface area contributed by atoms with Crippen molar-refractivity contribution in [3.05, 3.63) is 84.4 Å². The number of benzene rings is 4. The molecule has 0 spiro atoms. The third kappa shape index (κ3) is 6.35. The number of methoxy groups -OCH3 is 1. The summed E-state index contributed by atoms with van der Waals surface area (Å²) in [4.78, 5) is 16.7. The van der Waals surface area contributed by atoms with Crippen molar-refractivity contribution in [2.24, 2.45) is 0 Å². The number of amides is 1. The van der Waals surface area contributed by atoms with Gasteiger partial charge in [0.05, 0.1) is 7.11 Å². The highest BCUT2D eigenvalue weighted by molar-refractivity contribution is 5.98. The lowest BCUT2D eigenvalue weighted by atomic mass is 9.97. The minimum Gasteiger partial charge on any atom is -0.497 e. The smallest absolute Gasteiger partial charge is 0.253 e.